The van der Waals surface area contributed by atoms with Crippen LogP contribution in [0.25, 0.3) is 28.5 Å². The maximum absolute atomic E-state index is 6.21. The Morgan fingerprint density at radius 1 is 1.09 bits per heavy atom. The molecule has 5 heterocycles. The summed E-state index contributed by atoms with van der Waals surface area (Å²) in [6, 6.07) is 16.2. The number of pyridine rings is 1. The zero-order valence-corrected chi connectivity index (χ0v) is 18.3. The smallest absolute Gasteiger partial charge is 0.223 e. The summed E-state index contributed by atoms with van der Waals surface area (Å²) in [5.41, 5.74) is 13.6. The summed E-state index contributed by atoms with van der Waals surface area (Å²) >= 11 is 0. The van der Waals surface area contributed by atoms with Gasteiger partial charge in [-0.15, -0.1) is 5.10 Å². The molecule has 0 spiro atoms. The molecule has 1 aliphatic rings. The molecule has 6 rings (SSSR count). The molecule has 4 aromatic heterocycles. The van der Waals surface area contributed by atoms with Crippen molar-refractivity contribution >= 4 is 11.6 Å². The van der Waals surface area contributed by atoms with Crippen LogP contribution in [0.4, 0.5) is 5.95 Å². The van der Waals surface area contributed by atoms with Crippen LogP contribution in [0, 0.1) is 6.92 Å². The summed E-state index contributed by atoms with van der Waals surface area (Å²) in [4.78, 5) is 16.2. The lowest BCUT2D eigenvalue weighted by atomic mass is 10.0. The average Bonchev–Trinajstić information content (AvgIpc) is 3.49. The number of rotatable bonds is 4. The minimum absolute atomic E-state index is 0.286. The van der Waals surface area contributed by atoms with Gasteiger partial charge in [-0.05, 0) is 41.8 Å². The Balaban J connectivity index is 1.27. The lowest BCUT2D eigenvalue weighted by Crippen LogP contribution is -2.30. The van der Waals surface area contributed by atoms with Crippen LogP contribution in [-0.2, 0) is 19.5 Å². The zero-order chi connectivity index (χ0) is 22.4. The van der Waals surface area contributed by atoms with E-state index in [1.54, 1.807) is 12.3 Å². The summed E-state index contributed by atoms with van der Waals surface area (Å²) in [7, 11) is 0. The second-order valence-electron chi connectivity index (χ2n) is 8.46. The molecular formula is C25H23N7O. The van der Waals surface area contributed by atoms with Crippen LogP contribution in [-0.4, -0.2) is 36.0 Å². The van der Waals surface area contributed by atoms with Crippen molar-refractivity contribution in [2.24, 2.45) is 0 Å². The highest BCUT2D eigenvalue weighted by Crippen LogP contribution is 2.25. The average molecular weight is 438 g/mol. The second-order valence-corrected chi connectivity index (χ2v) is 8.46. The first-order valence-electron chi connectivity index (χ1n) is 11.0. The van der Waals surface area contributed by atoms with Crippen LogP contribution >= 0.6 is 0 Å². The number of hydrogen-bond acceptors (Lipinski definition) is 7. The molecule has 1 aliphatic heterocycles. The van der Waals surface area contributed by atoms with E-state index in [0.717, 1.165) is 37.3 Å². The van der Waals surface area contributed by atoms with Gasteiger partial charge < -0.3 is 10.2 Å². The van der Waals surface area contributed by atoms with E-state index in [1.165, 1.54) is 26.9 Å². The third-order valence-corrected chi connectivity index (χ3v) is 5.98. The summed E-state index contributed by atoms with van der Waals surface area (Å²) in [6.07, 6.45) is 4.54. The number of furan rings is 1. The quantitative estimate of drug-likeness (QED) is 0.455. The molecule has 5 aromatic rings. The van der Waals surface area contributed by atoms with Gasteiger partial charge in [0, 0.05) is 49.6 Å². The van der Waals surface area contributed by atoms with Crippen LogP contribution in [0.15, 0.2) is 65.4 Å². The Morgan fingerprint density at radius 2 is 2.03 bits per heavy atom. The van der Waals surface area contributed by atoms with Crippen molar-refractivity contribution in [3.05, 3.63) is 83.4 Å². The van der Waals surface area contributed by atoms with Gasteiger partial charge in [0.15, 0.2) is 11.4 Å². The van der Waals surface area contributed by atoms with E-state index in [-0.39, 0.29) is 5.95 Å². The Kier molecular flexibility index (Phi) is 4.66. The van der Waals surface area contributed by atoms with E-state index in [0.29, 0.717) is 17.2 Å². The molecule has 0 saturated carbocycles. The highest BCUT2D eigenvalue weighted by molar-refractivity contribution is 5.67. The minimum Gasteiger partial charge on any atom is -0.461 e. The van der Waals surface area contributed by atoms with Gasteiger partial charge in [0.1, 0.15) is 0 Å². The Hall–Kier alpha value is -4.04. The van der Waals surface area contributed by atoms with Crippen molar-refractivity contribution in [2.45, 2.75) is 26.4 Å². The molecule has 0 unspecified atom stereocenters. The molecule has 0 saturated heterocycles. The van der Waals surface area contributed by atoms with Crippen LogP contribution in [0.1, 0.15) is 22.4 Å². The van der Waals surface area contributed by atoms with Gasteiger partial charge in [-0.25, -0.2) is 9.97 Å². The molecule has 0 atom stereocenters. The molecule has 8 heteroatoms. The van der Waals surface area contributed by atoms with E-state index in [4.69, 9.17) is 10.2 Å². The molecule has 0 bridgehead atoms. The first kappa shape index (κ1) is 19.6. The Bertz CT molecular complexity index is 1460. The second kappa shape index (κ2) is 7.83. The van der Waals surface area contributed by atoms with Crippen molar-refractivity contribution < 1.29 is 4.42 Å². The number of aryl methyl sites for hydroxylation is 1. The fourth-order valence-corrected chi connectivity index (χ4v) is 4.40. The van der Waals surface area contributed by atoms with Crippen molar-refractivity contribution in [1.29, 1.82) is 0 Å². The fourth-order valence-electron chi connectivity index (χ4n) is 4.40. The van der Waals surface area contributed by atoms with Crippen LogP contribution < -0.4 is 5.73 Å². The molecule has 8 nitrogen and oxygen atoms in total. The van der Waals surface area contributed by atoms with E-state index in [1.807, 2.05) is 24.4 Å². The molecule has 0 aliphatic carbocycles. The number of hydrogen-bond donors (Lipinski definition) is 1. The normalized spacial score (nSPS) is 14.0. The van der Waals surface area contributed by atoms with Crippen LogP contribution in [0.5, 0.6) is 0 Å². The van der Waals surface area contributed by atoms with E-state index >= 15 is 0 Å². The number of aromatic nitrogens is 5. The number of nitrogen functional groups attached to an aromatic ring is 1. The predicted molar refractivity (Wildman–Crippen MR) is 125 cm³/mol. The topological polar surface area (TPSA) is 98.4 Å². The summed E-state index contributed by atoms with van der Waals surface area (Å²) in [5.74, 6) is 1.36. The molecule has 0 fully saturated rings. The van der Waals surface area contributed by atoms with Gasteiger partial charge in [-0.2, -0.15) is 4.52 Å². The largest absolute Gasteiger partial charge is 0.461 e. The van der Waals surface area contributed by atoms with Gasteiger partial charge in [-0.3, -0.25) is 9.88 Å². The number of benzene rings is 1. The van der Waals surface area contributed by atoms with Crippen LogP contribution in [0.3, 0.4) is 0 Å². The van der Waals surface area contributed by atoms with E-state index in [2.05, 4.69) is 56.1 Å². The summed E-state index contributed by atoms with van der Waals surface area (Å²) in [5, 5.41) is 4.42. The van der Waals surface area contributed by atoms with Crippen molar-refractivity contribution in [3.8, 4) is 22.8 Å². The molecule has 1 aromatic carbocycles. The molecule has 0 radical (unpaired) electrons. The van der Waals surface area contributed by atoms with Crippen molar-refractivity contribution in [3.63, 3.8) is 0 Å². The standard InChI is InChI=1S/C25H23N7O/c1-16-10-19-15-31(8-7-20(19)27-13-16)14-17-4-2-5-18(11-17)21-12-23-29-24(22-6-3-9-33-22)30-32(23)25(26)28-21/h2-6,9-13H,7-8,14-15H2,1H3,(H2,26,28). The van der Waals surface area contributed by atoms with Crippen molar-refractivity contribution in [2.75, 3.05) is 12.3 Å². The van der Waals surface area contributed by atoms with E-state index < -0.39 is 0 Å². The first-order chi connectivity index (χ1) is 16.1. The molecule has 2 N–H and O–H groups in total. The molecule has 33 heavy (non-hydrogen) atoms. The lowest BCUT2D eigenvalue weighted by Gasteiger charge is -2.28. The monoisotopic (exact) mass is 437 g/mol. The van der Waals surface area contributed by atoms with Gasteiger partial charge >= 0.3 is 0 Å². The van der Waals surface area contributed by atoms with Gasteiger partial charge in [0.2, 0.25) is 11.8 Å². The highest BCUT2D eigenvalue weighted by atomic mass is 16.3. The van der Waals surface area contributed by atoms with E-state index in [9.17, 15) is 0 Å². The minimum atomic E-state index is 0.286. The fraction of sp³-hybridized carbons (Fsp3) is 0.200. The van der Waals surface area contributed by atoms with Gasteiger partial charge in [-0.1, -0.05) is 24.3 Å². The lowest BCUT2D eigenvalue weighted by molar-refractivity contribution is 0.243. The number of nitrogens with zero attached hydrogens (tertiary/aromatic N) is 6. The number of anilines is 1. The summed E-state index contributed by atoms with van der Waals surface area (Å²) < 4.78 is 6.95. The van der Waals surface area contributed by atoms with Crippen LogP contribution in [0.2, 0.25) is 0 Å². The SMILES string of the molecule is Cc1cnc2c(c1)CN(Cc1cccc(-c3cc4nc(-c5ccco5)nn4c(N)n3)c1)CC2. The Labute approximate surface area is 190 Å². The van der Waals surface area contributed by atoms with Crippen molar-refractivity contribution in [1.82, 2.24) is 29.5 Å². The maximum atomic E-state index is 6.21. The first-order valence-corrected chi connectivity index (χ1v) is 11.0. The third kappa shape index (κ3) is 3.74. The van der Waals surface area contributed by atoms with Gasteiger partial charge in [0.05, 0.1) is 12.0 Å². The predicted octanol–water partition coefficient (Wildman–Crippen LogP) is 3.90. The summed E-state index contributed by atoms with van der Waals surface area (Å²) in [6.45, 7) is 4.88. The number of fused-ring (bicyclic) bond motifs is 2. The Morgan fingerprint density at radius 3 is 2.91 bits per heavy atom. The molecular weight excluding hydrogens is 414 g/mol. The third-order valence-electron chi connectivity index (χ3n) is 5.98. The maximum Gasteiger partial charge on any atom is 0.223 e. The highest BCUT2D eigenvalue weighted by Gasteiger charge is 2.18. The molecule has 0 amide bonds. The van der Waals surface area contributed by atoms with Gasteiger partial charge in [0.25, 0.3) is 0 Å². The molecule has 164 valence electrons. The zero-order valence-electron chi connectivity index (χ0n) is 18.3. The number of nitrogens with two attached hydrogens (primary N) is 1.